The number of hydrogen-bond donors (Lipinski definition) is 1. The first-order valence-corrected chi connectivity index (χ1v) is 8.00. The minimum Gasteiger partial charge on any atom is -0.327 e. The Morgan fingerprint density at radius 2 is 1.95 bits per heavy atom. The van der Waals surface area contributed by atoms with Crippen LogP contribution in [0.25, 0.3) is 0 Å². The zero-order chi connectivity index (χ0) is 13.7. The van der Waals surface area contributed by atoms with E-state index in [1.807, 2.05) is 0 Å². The fourth-order valence-electron chi connectivity index (χ4n) is 3.46. The first-order chi connectivity index (χ1) is 9.19. The summed E-state index contributed by atoms with van der Waals surface area (Å²) in [5.74, 6) is 1.74. The lowest BCUT2D eigenvalue weighted by molar-refractivity contribution is 0.233. The smallest absolute Gasteiger partial charge is 0.00703 e. The first-order valence-electron chi connectivity index (χ1n) is 8.00. The summed E-state index contributed by atoms with van der Waals surface area (Å²) < 4.78 is 0. The Balaban J connectivity index is 1.77. The monoisotopic (exact) mass is 259 g/mol. The van der Waals surface area contributed by atoms with E-state index in [-0.39, 0.29) is 0 Å². The van der Waals surface area contributed by atoms with Gasteiger partial charge in [-0.1, -0.05) is 56.0 Å². The SMILES string of the molecule is CCC1CCC(C(N)CCc2cccc(C)c2)CC1. The lowest BCUT2D eigenvalue weighted by Gasteiger charge is -2.31. The molecule has 1 heteroatoms. The molecular formula is C18H29N. The predicted octanol–water partition coefficient (Wildman–Crippen LogP) is 4.47. The van der Waals surface area contributed by atoms with Crippen LogP contribution in [0.5, 0.6) is 0 Å². The van der Waals surface area contributed by atoms with Gasteiger partial charge in [0.2, 0.25) is 0 Å². The van der Waals surface area contributed by atoms with Gasteiger partial charge in [-0.05, 0) is 50.0 Å². The van der Waals surface area contributed by atoms with E-state index in [1.165, 1.54) is 43.2 Å². The first kappa shape index (κ1) is 14.6. The molecule has 1 saturated carbocycles. The summed E-state index contributed by atoms with van der Waals surface area (Å²) in [5, 5.41) is 0. The number of aryl methyl sites for hydroxylation is 2. The van der Waals surface area contributed by atoms with Gasteiger partial charge >= 0.3 is 0 Å². The molecule has 1 unspecified atom stereocenters. The van der Waals surface area contributed by atoms with Crippen LogP contribution >= 0.6 is 0 Å². The van der Waals surface area contributed by atoms with E-state index in [2.05, 4.69) is 38.1 Å². The van der Waals surface area contributed by atoms with Crippen LogP contribution in [0.3, 0.4) is 0 Å². The molecule has 1 aromatic rings. The number of benzene rings is 1. The highest BCUT2D eigenvalue weighted by Gasteiger charge is 2.24. The van der Waals surface area contributed by atoms with Gasteiger partial charge in [-0.3, -0.25) is 0 Å². The molecule has 0 saturated heterocycles. The Bertz CT molecular complexity index is 377. The van der Waals surface area contributed by atoms with Gasteiger partial charge in [0, 0.05) is 6.04 Å². The maximum Gasteiger partial charge on any atom is 0.00703 e. The third-order valence-corrected chi connectivity index (χ3v) is 4.92. The zero-order valence-electron chi connectivity index (χ0n) is 12.6. The molecular weight excluding hydrogens is 230 g/mol. The van der Waals surface area contributed by atoms with Crippen molar-refractivity contribution in [3.05, 3.63) is 35.4 Å². The second-order valence-electron chi connectivity index (χ2n) is 6.38. The molecule has 0 bridgehead atoms. The van der Waals surface area contributed by atoms with E-state index in [9.17, 15) is 0 Å². The fraction of sp³-hybridized carbons (Fsp3) is 0.667. The van der Waals surface area contributed by atoms with E-state index in [0.29, 0.717) is 6.04 Å². The molecule has 0 spiro atoms. The van der Waals surface area contributed by atoms with E-state index in [4.69, 9.17) is 5.73 Å². The molecule has 1 aliphatic carbocycles. The second-order valence-corrected chi connectivity index (χ2v) is 6.38. The third kappa shape index (κ3) is 4.35. The topological polar surface area (TPSA) is 26.0 Å². The van der Waals surface area contributed by atoms with Gasteiger partial charge in [0.25, 0.3) is 0 Å². The van der Waals surface area contributed by atoms with Crippen molar-refractivity contribution in [3.63, 3.8) is 0 Å². The van der Waals surface area contributed by atoms with Gasteiger partial charge < -0.3 is 5.73 Å². The molecule has 2 N–H and O–H groups in total. The second kappa shape index (κ2) is 7.09. The average molecular weight is 259 g/mol. The molecule has 1 nitrogen and oxygen atoms in total. The van der Waals surface area contributed by atoms with Crippen molar-refractivity contribution in [2.75, 3.05) is 0 Å². The Labute approximate surface area is 118 Å². The van der Waals surface area contributed by atoms with Gasteiger partial charge in [0.1, 0.15) is 0 Å². The quantitative estimate of drug-likeness (QED) is 0.829. The number of rotatable bonds is 5. The molecule has 106 valence electrons. The van der Waals surface area contributed by atoms with Crippen LogP contribution in [-0.4, -0.2) is 6.04 Å². The molecule has 0 aromatic heterocycles. The Morgan fingerprint density at radius 3 is 2.58 bits per heavy atom. The van der Waals surface area contributed by atoms with Crippen molar-refractivity contribution >= 4 is 0 Å². The number of nitrogens with two attached hydrogens (primary N) is 1. The summed E-state index contributed by atoms with van der Waals surface area (Å²) >= 11 is 0. The minimum atomic E-state index is 0.401. The van der Waals surface area contributed by atoms with Crippen molar-refractivity contribution in [2.24, 2.45) is 17.6 Å². The maximum atomic E-state index is 6.42. The Hall–Kier alpha value is -0.820. The summed E-state index contributed by atoms with van der Waals surface area (Å²) in [6.07, 6.45) is 9.15. The molecule has 1 fully saturated rings. The van der Waals surface area contributed by atoms with E-state index >= 15 is 0 Å². The van der Waals surface area contributed by atoms with E-state index in [1.54, 1.807) is 0 Å². The molecule has 2 rings (SSSR count). The van der Waals surface area contributed by atoms with Gasteiger partial charge in [-0.15, -0.1) is 0 Å². The van der Waals surface area contributed by atoms with Gasteiger partial charge in [-0.2, -0.15) is 0 Å². The lowest BCUT2D eigenvalue weighted by Crippen LogP contribution is -2.33. The highest BCUT2D eigenvalue weighted by Crippen LogP contribution is 2.32. The van der Waals surface area contributed by atoms with Crippen molar-refractivity contribution in [2.45, 2.75) is 64.8 Å². The van der Waals surface area contributed by atoms with Crippen molar-refractivity contribution in [1.82, 2.24) is 0 Å². The standard InChI is InChI=1S/C18H29N/c1-3-15-7-10-17(11-8-15)18(19)12-9-16-6-4-5-14(2)13-16/h4-6,13,15,17-18H,3,7-12,19H2,1-2H3. The van der Waals surface area contributed by atoms with Crippen LogP contribution in [0, 0.1) is 18.8 Å². The summed E-state index contributed by atoms with van der Waals surface area (Å²) in [6.45, 7) is 4.48. The van der Waals surface area contributed by atoms with Gasteiger partial charge in [-0.25, -0.2) is 0 Å². The minimum absolute atomic E-state index is 0.401. The summed E-state index contributed by atoms with van der Waals surface area (Å²) in [6, 6.07) is 9.24. The molecule has 19 heavy (non-hydrogen) atoms. The van der Waals surface area contributed by atoms with Crippen molar-refractivity contribution in [1.29, 1.82) is 0 Å². The van der Waals surface area contributed by atoms with Gasteiger partial charge in [0.05, 0.1) is 0 Å². The molecule has 0 amide bonds. The van der Waals surface area contributed by atoms with E-state index < -0.39 is 0 Å². The normalized spacial score (nSPS) is 25.2. The summed E-state index contributed by atoms with van der Waals surface area (Å²) in [5.41, 5.74) is 9.22. The number of hydrogen-bond acceptors (Lipinski definition) is 1. The molecule has 1 aromatic carbocycles. The van der Waals surface area contributed by atoms with Crippen LogP contribution in [0.4, 0.5) is 0 Å². The fourth-order valence-corrected chi connectivity index (χ4v) is 3.46. The summed E-state index contributed by atoms with van der Waals surface area (Å²) in [7, 11) is 0. The molecule has 0 heterocycles. The van der Waals surface area contributed by atoms with Crippen molar-refractivity contribution in [3.8, 4) is 0 Å². The highest BCUT2D eigenvalue weighted by atomic mass is 14.6. The maximum absolute atomic E-state index is 6.42. The lowest BCUT2D eigenvalue weighted by atomic mass is 9.77. The highest BCUT2D eigenvalue weighted by molar-refractivity contribution is 5.22. The van der Waals surface area contributed by atoms with Crippen LogP contribution < -0.4 is 5.73 Å². The van der Waals surface area contributed by atoms with Gasteiger partial charge in [0.15, 0.2) is 0 Å². The predicted molar refractivity (Wildman–Crippen MR) is 83.2 cm³/mol. The van der Waals surface area contributed by atoms with E-state index in [0.717, 1.165) is 24.7 Å². The molecule has 1 atom stereocenters. The Kier molecular flexibility index (Phi) is 5.45. The molecule has 0 aliphatic heterocycles. The van der Waals surface area contributed by atoms with Crippen molar-refractivity contribution < 1.29 is 0 Å². The summed E-state index contributed by atoms with van der Waals surface area (Å²) in [4.78, 5) is 0. The molecule has 1 aliphatic rings. The van der Waals surface area contributed by atoms with Crippen LogP contribution in [-0.2, 0) is 6.42 Å². The largest absolute Gasteiger partial charge is 0.327 e. The average Bonchev–Trinajstić information content (AvgIpc) is 2.45. The third-order valence-electron chi connectivity index (χ3n) is 4.92. The van der Waals surface area contributed by atoms with Crippen LogP contribution in [0.2, 0.25) is 0 Å². The Morgan fingerprint density at radius 1 is 1.21 bits per heavy atom. The zero-order valence-corrected chi connectivity index (χ0v) is 12.6. The van der Waals surface area contributed by atoms with Crippen LogP contribution in [0.15, 0.2) is 24.3 Å². The molecule has 0 radical (unpaired) electrons. The van der Waals surface area contributed by atoms with Crippen LogP contribution in [0.1, 0.15) is 56.6 Å².